The number of rotatable bonds is 2. The third kappa shape index (κ3) is 2.51. The van der Waals surface area contributed by atoms with Gasteiger partial charge in [0.05, 0.1) is 0 Å². The van der Waals surface area contributed by atoms with Gasteiger partial charge in [0.1, 0.15) is 6.04 Å². The highest BCUT2D eigenvalue weighted by atomic mass is 35.5. The Morgan fingerprint density at radius 1 is 1.36 bits per heavy atom. The van der Waals surface area contributed by atoms with Gasteiger partial charge in [-0.3, -0.25) is 4.79 Å². The van der Waals surface area contributed by atoms with Gasteiger partial charge < -0.3 is 10.0 Å². The normalized spacial score (nSPS) is 22.5. The number of carbonyl (C=O) groups is 2. The number of halogens is 2. The number of hydrogen-bond donors (Lipinski definition) is 1. The van der Waals surface area contributed by atoms with Crippen LogP contribution in [0.15, 0.2) is 0 Å². The molecule has 1 amide bonds. The molecule has 0 radical (unpaired) electrons. The molecule has 14 heavy (non-hydrogen) atoms. The van der Waals surface area contributed by atoms with Crippen LogP contribution < -0.4 is 0 Å². The molecule has 1 N–H and O–H groups in total. The maximum atomic E-state index is 11.4. The topological polar surface area (TPSA) is 57.6 Å². The summed E-state index contributed by atoms with van der Waals surface area (Å²) in [5.41, 5.74) is 0. The number of aliphatic carboxylic acids is 1. The minimum absolute atomic E-state index is 0.422. The van der Waals surface area contributed by atoms with E-state index < -0.39 is 22.8 Å². The molecule has 80 valence electrons. The first-order chi connectivity index (χ1) is 6.54. The van der Waals surface area contributed by atoms with Gasteiger partial charge in [-0.1, -0.05) is 23.2 Å². The summed E-state index contributed by atoms with van der Waals surface area (Å²) in [6.45, 7) is 0.422. The Bertz CT molecular complexity index is 245. The summed E-state index contributed by atoms with van der Waals surface area (Å²) >= 11 is 10.8. The van der Waals surface area contributed by atoms with Crippen molar-refractivity contribution >= 4 is 35.1 Å². The van der Waals surface area contributed by atoms with E-state index in [9.17, 15) is 9.59 Å². The minimum atomic E-state index is -1.17. The number of hydrogen-bond acceptors (Lipinski definition) is 2. The van der Waals surface area contributed by atoms with Gasteiger partial charge in [-0.25, -0.2) is 4.79 Å². The first-order valence-electron chi connectivity index (χ1n) is 4.35. The SMILES string of the molecule is O=C(O)C1CCCCN1C(=O)C(Cl)Cl. The molecule has 4 nitrogen and oxygen atoms in total. The van der Waals surface area contributed by atoms with Crippen LogP contribution in [-0.2, 0) is 9.59 Å². The van der Waals surface area contributed by atoms with E-state index in [0.29, 0.717) is 13.0 Å². The van der Waals surface area contributed by atoms with Crippen LogP contribution in [0.1, 0.15) is 19.3 Å². The second-order valence-corrected chi connectivity index (χ2v) is 4.28. The van der Waals surface area contributed by atoms with Gasteiger partial charge in [0.15, 0.2) is 4.84 Å². The Balaban J connectivity index is 2.72. The van der Waals surface area contributed by atoms with Crippen LogP contribution in [0.3, 0.4) is 0 Å². The minimum Gasteiger partial charge on any atom is -0.480 e. The molecule has 1 atom stereocenters. The molecule has 6 heteroatoms. The summed E-state index contributed by atoms with van der Waals surface area (Å²) in [6, 6.07) is -0.767. The van der Waals surface area contributed by atoms with E-state index in [2.05, 4.69) is 0 Å². The fourth-order valence-electron chi connectivity index (χ4n) is 1.58. The fraction of sp³-hybridized carbons (Fsp3) is 0.750. The summed E-state index contributed by atoms with van der Waals surface area (Å²) in [5, 5.41) is 8.86. The third-order valence-electron chi connectivity index (χ3n) is 2.26. The van der Waals surface area contributed by atoms with Crippen LogP contribution in [0.25, 0.3) is 0 Å². The van der Waals surface area contributed by atoms with Gasteiger partial charge >= 0.3 is 5.97 Å². The number of carboxylic acids is 1. The lowest BCUT2D eigenvalue weighted by Gasteiger charge is -2.33. The van der Waals surface area contributed by atoms with Gasteiger partial charge in [-0.05, 0) is 19.3 Å². The first-order valence-corrected chi connectivity index (χ1v) is 5.22. The number of likely N-dealkylation sites (tertiary alicyclic amines) is 1. The average molecular weight is 240 g/mol. The largest absolute Gasteiger partial charge is 0.480 e. The summed E-state index contributed by atoms with van der Waals surface area (Å²) in [4.78, 5) is 22.3. The number of alkyl halides is 2. The Morgan fingerprint density at radius 3 is 2.50 bits per heavy atom. The number of carboxylic acid groups (broad SMARTS) is 1. The highest BCUT2D eigenvalue weighted by Gasteiger charge is 2.33. The van der Waals surface area contributed by atoms with Crippen LogP contribution in [0.2, 0.25) is 0 Å². The molecule has 1 rings (SSSR count). The number of nitrogens with zero attached hydrogens (tertiary/aromatic N) is 1. The Morgan fingerprint density at radius 2 is 2.00 bits per heavy atom. The highest BCUT2D eigenvalue weighted by Crippen LogP contribution is 2.20. The van der Waals surface area contributed by atoms with Gasteiger partial charge in [-0.2, -0.15) is 0 Å². The van der Waals surface area contributed by atoms with Crippen LogP contribution in [0, 0.1) is 0 Å². The third-order valence-corrected chi connectivity index (χ3v) is 2.63. The maximum Gasteiger partial charge on any atom is 0.326 e. The summed E-state index contributed by atoms with van der Waals surface area (Å²) in [6.07, 6.45) is 2.09. The zero-order valence-electron chi connectivity index (χ0n) is 7.45. The standard InChI is InChI=1S/C8H11Cl2NO3/c9-6(10)7(12)11-4-2-1-3-5(11)8(13)14/h5-6H,1-4H2,(H,13,14). The van der Waals surface area contributed by atoms with Crippen LogP contribution in [0.5, 0.6) is 0 Å². The van der Waals surface area contributed by atoms with E-state index in [1.807, 2.05) is 0 Å². The van der Waals surface area contributed by atoms with Crippen molar-refractivity contribution in [3.8, 4) is 0 Å². The molecule has 0 spiro atoms. The predicted octanol–water partition coefficient (Wildman–Crippen LogP) is 1.26. The monoisotopic (exact) mass is 239 g/mol. The van der Waals surface area contributed by atoms with Crippen molar-refractivity contribution in [2.75, 3.05) is 6.54 Å². The van der Waals surface area contributed by atoms with Gasteiger partial charge in [0.2, 0.25) is 0 Å². The zero-order chi connectivity index (χ0) is 10.7. The first kappa shape index (κ1) is 11.6. The molecule has 1 unspecified atom stereocenters. The molecule has 0 aromatic heterocycles. The molecule has 1 aliphatic heterocycles. The van der Waals surface area contributed by atoms with Crippen LogP contribution >= 0.6 is 23.2 Å². The lowest BCUT2D eigenvalue weighted by molar-refractivity contribution is -0.151. The molecule has 1 heterocycles. The summed E-state index contributed by atoms with van der Waals surface area (Å²) in [7, 11) is 0. The van der Waals surface area contributed by atoms with E-state index in [-0.39, 0.29) is 0 Å². The van der Waals surface area contributed by atoms with E-state index in [1.54, 1.807) is 0 Å². The van der Waals surface area contributed by atoms with Crippen LogP contribution in [0.4, 0.5) is 0 Å². The van der Waals surface area contributed by atoms with Crippen molar-refractivity contribution in [2.24, 2.45) is 0 Å². The van der Waals surface area contributed by atoms with Crippen molar-refractivity contribution < 1.29 is 14.7 Å². The Hall–Kier alpha value is -0.480. The highest BCUT2D eigenvalue weighted by molar-refractivity contribution is 6.53. The van der Waals surface area contributed by atoms with Crippen molar-refractivity contribution in [3.05, 3.63) is 0 Å². The maximum absolute atomic E-state index is 11.4. The fourth-order valence-corrected chi connectivity index (χ4v) is 1.83. The van der Waals surface area contributed by atoms with Crippen molar-refractivity contribution in [1.82, 2.24) is 4.90 Å². The van der Waals surface area contributed by atoms with Gasteiger partial charge in [0, 0.05) is 6.54 Å². The number of carbonyl (C=O) groups excluding carboxylic acids is 1. The number of piperidine rings is 1. The molecular weight excluding hydrogens is 229 g/mol. The Kier molecular flexibility index (Phi) is 4.01. The molecular formula is C8H11Cl2NO3. The molecule has 1 aliphatic rings. The molecule has 0 aromatic carbocycles. The smallest absolute Gasteiger partial charge is 0.326 e. The van der Waals surface area contributed by atoms with E-state index in [0.717, 1.165) is 12.8 Å². The zero-order valence-corrected chi connectivity index (χ0v) is 8.96. The van der Waals surface area contributed by atoms with Gasteiger partial charge in [0.25, 0.3) is 5.91 Å². The quantitative estimate of drug-likeness (QED) is 0.739. The molecule has 1 saturated heterocycles. The molecule has 0 bridgehead atoms. The molecule has 0 aromatic rings. The molecule has 0 aliphatic carbocycles. The number of amides is 1. The molecule has 0 saturated carbocycles. The van der Waals surface area contributed by atoms with E-state index in [4.69, 9.17) is 28.3 Å². The van der Waals surface area contributed by atoms with Crippen molar-refractivity contribution in [1.29, 1.82) is 0 Å². The second kappa shape index (κ2) is 4.84. The van der Waals surface area contributed by atoms with E-state index in [1.165, 1.54) is 4.90 Å². The second-order valence-electron chi connectivity index (χ2n) is 3.18. The predicted molar refractivity (Wildman–Crippen MR) is 52.5 cm³/mol. The van der Waals surface area contributed by atoms with Gasteiger partial charge in [-0.15, -0.1) is 0 Å². The van der Waals surface area contributed by atoms with Crippen molar-refractivity contribution in [2.45, 2.75) is 30.1 Å². The Labute approximate surface area is 91.8 Å². The van der Waals surface area contributed by atoms with Crippen molar-refractivity contribution in [3.63, 3.8) is 0 Å². The van der Waals surface area contributed by atoms with E-state index >= 15 is 0 Å². The lowest BCUT2D eigenvalue weighted by Crippen LogP contribution is -2.49. The molecule has 1 fully saturated rings. The van der Waals surface area contributed by atoms with Crippen LogP contribution in [-0.4, -0.2) is 39.3 Å². The summed E-state index contributed by atoms with van der Waals surface area (Å²) in [5.74, 6) is -1.51. The summed E-state index contributed by atoms with van der Waals surface area (Å²) < 4.78 is 0. The average Bonchev–Trinajstić information content (AvgIpc) is 2.16. The lowest BCUT2D eigenvalue weighted by atomic mass is 10.0.